The molecule has 1 saturated heterocycles. The standard InChI is InChI=1S/C18H17F2N7O3.CH4O3S/c19-10-5-23-16-13(15(21)25-27(16)8-10)17(28)24-12-7-22-6-11(20)14(12)26-3-1-9(2-4-26)18(29)30;1-5(2,3)4/h5-9H,1-4H2,(H2,21,25)(H,24,28)(H,29,30);1H3,(H,2,3,4). The summed E-state index contributed by atoms with van der Waals surface area (Å²) in [5.74, 6) is -3.57. The van der Waals surface area contributed by atoms with Gasteiger partial charge in [0.25, 0.3) is 16.0 Å². The molecule has 3 aromatic heterocycles. The molecule has 0 saturated carbocycles. The van der Waals surface area contributed by atoms with Crippen LogP contribution in [0.4, 0.5) is 26.0 Å². The van der Waals surface area contributed by atoms with Crippen LogP contribution in [-0.4, -0.2) is 68.9 Å². The van der Waals surface area contributed by atoms with E-state index in [1.807, 2.05) is 0 Å². The normalized spacial score (nSPS) is 14.3. The van der Waals surface area contributed by atoms with E-state index in [0.29, 0.717) is 32.2 Å². The number of nitrogens with one attached hydrogen (secondary N) is 1. The number of anilines is 3. The van der Waals surface area contributed by atoms with E-state index in [0.717, 1.165) is 23.1 Å². The topological polar surface area (TPSA) is 193 Å². The van der Waals surface area contributed by atoms with Crippen LogP contribution < -0.4 is 16.0 Å². The molecule has 1 fully saturated rings. The van der Waals surface area contributed by atoms with Crippen LogP contribution in [0.5, 0.6) is 0 Å². The second-order valence-electron chi connectivity index (χ2n) is 7.60. The van der Waals surface area contributed by atoms with Crippen molar-refractivity contribution in [1.82, 2.24) is 19.6 Å². The number of carboxylic acids is 1. The maximum atomic E-state index is 14.6. The number of hydrogen-bond donors (Lipinski definition) is 4. The van der Waals surface area contributed by atoms with Crippen LogP contribution in [0.25, 0.3) is 5.65 Å². The van der Waals surface area contributed by atoms with E-state index < -0.39 is 39.5 Å². The Labute approximate surface area is 197 Å². The van der Waals surface area contributed by atoms with E-state index in [1.165, 1.54) is 6.20 Å². The maximum Gasteiger partial charge on any atom is 0.306 e. The largest absolute Gasteiger partial charge is 0.481 e. The summed E-state index contributed by atoms with van der Waals surface area (Å²) in [5, 5.41) is 15.6. The van der Waals surface area contributed by atoms with Crippen LogP contribution >= 0.6 is 0 Å². The highest BCUT2D eigenvalue weighted by Crippen LogP contribution is 2.32. The molecule has 0 radical (unpaired) electrons. The van der Waals surface area contributed by atoms with Gasteiger partial charge in [-0.3, -0.25) is 19.1 Å². The van der Waals surface area contributed by atoms with Crippen molar-refractivity contribution in [2.45, 2.75) is 12.8 Å². The molecule has 4 heterocycles. The summed E-state index contributed by atoms with van der Waals surface area (Å²) in [5.41, 5.74) is 5.95. The van der Waals surface area contributed by atoms with Crippen LogP contribution in [-0.2, 0) is 14.9 Å². The van der Waals surface area contributed by atoms with Gasteiger partial charge < -0.3 is 21.1 Å². The fourth-order valence-electron chi connectivity index (χ4n) is 3.52. The number of piperidine rings is 1. The second kappa shape index (κ2) is 10.1. The summed E-state index contributed by atoms with van der Waals surface area (Å²) < 4.78 is 54.9. The molecule has 35 heavy (non-hydrogen) atoms. The summed E-state index contributed by atoms with van der Waals surface area (Å²) in [6.45, 7) is 0.612. The number of halogens is 2. The van der Waals surface area contributed by atoms with Crippen molar-refractivity contribution in [3.8, 4) is 0 Å². The average Bonchev–Trinajstić information content (AvgIpc) is 3.07. The number of fused-ring (bicyclic) bond motifs is 1. The molecule has 1 amide bonds. The molecular weight excluding hydrogens is 492 g/mol. The number of carbonyl (C=O) groups excluding carboxylic acids is 1. The Morgan fingerprint density at radius 1 is 1.20 bits per heavy atom. The highest BCUT2D eigenvalue weighted by atomic mass is 32.2. The van der Waals surface area contributed by atoms with Gasteiger partial charge in [0.15, 0.2) is 23.1 Å². The molecule has 188 valence electrons. The summed E-state index contributed by atoms with van der Waals surface area (Å²) >= 11 is 0. The molecule has 0 aliphatic carbocycles. The van der Waals surface area contributed by atoms with Gasteiger partial charge in [-0.15, -0.1) is 5.10 Å². The van der Waals surface area contributed by atoms with Crippen molar-refractivity contribution in [2.75, 3.05) is 35.3 Å². The third-order valence-corrected chi connectivity index (χ3v) is 4.98. The minimum absolute atomic E-state index is 0.0413. The number of aliphatic carboxylic acids is 1. The Bertz CT molecular complexity index is 1370. The van der Waals surface area contributed by atoms with E-state index >= 15 is 0 Å². The van der Waals surface area contributed by atoms with E-state index in [2.05, 4.69) is 20.4 Å². The number of carbonyl (C=O) groups is 2. The highest BCUT2D eigenvalue weighted by molar-refractivity contribution is 7.85. The average molecular weight is 513 g/mol. The minimum atomic E-state index is -3.67. The Hall–Kier alpha value is -3.92. The highest BCUT2D eigenvalue weighted by Gasteiger charge is 2.28. The first-order valence-corrected chi connectivity index (χ1v) is 11.8. The summed E-state index contributed by atoms with van der Waals surface area (Å²) in [6, 6.07) is 0. The van der Waals surface area contributed by atoms with Crippen LogP contribution in [0.2, 0.25) is 0 Å². The third-order valence-electron chi connectivity index (χ3n) is 4.98. The number of pyridine rings is 1. The number of aromatic nitrogens is 4. The molecule has 0 bridgehead atoms. The lowest BCUT2D eigenvalue weighted by Gasteiger charge is -2.33. The van der Waals surface area contributed by atoms with Crippen molar-refractivity contribution in [3.05, 3.63) is 42.0 Å². The number of rotatable bonds is 4. The molecule has 5 N–H and O–H groups in total. The zero-order chi connectivity index (χ0) is 25.9. The van der Waals surface area contributed by atoms with Crippen molar-refractivity contribution in [3.63, 3.8) is 0 Å². The predicted octanol–water partition coefficient (Wildman–Crippen LogP) is 1.04. The maximum absolute atomic E-state index is 14.6. The molecule has 0 spiro atoms. The zero-order valence-electron chi connectivity index (χ0n) is 18.2. The van der Waals surface area contributed by atoms with E-state index in [4.69, 9.17) is 15.4 Å². The number of nitrogens with two attached hydrogens (primary N) is 1. The van der Waals surface area contributed by atoms with Gasteiger partial charge in [0.05, 0.1) is 42.6 Å². The second-order valence-corrected chi connectivity index (χ2v) is 9.07. The van der Waals surface area contributed by atoms with Gasteiger partial charge in [-0.2, -0.15) is 8.42 Å². The Morgan fingerprint density at radius 2 is 1.83 bits per heavy atom. The molecule has 0 unspecified atom stereocenters. The van der Waals surface area contributed by atoms with Gasteiger partial charge in [0, 0.05) is 13.1 Å². The monoisotopic (exact) mass is 513 g/mol. The van der Waals surface area contributed by atoms with E-state index in [1.54, 1.807) is 4.90 Å². The van der Waals surface area contributed by atoms with Crippen molar-refractivity contribution in [2.24, 2.45) is 5.92 Å². The van der Waals surface area contributed by atoms with Gasteiger partial charge in [-0.25, -0.2) is 18.3 Å². The van der Waals surface area contributed by atoms with Gasteiger partial charge in [-0.1, -0.05) is 0 Å². The first-order valence-electron chi connectivity index (χ1n) is 9.99. The fraction of sp³-hybridized carbons (Fsp3) is 0.316. The summed E-state index contributed by atoms with van der Waals surface area (Å²) in [4.78, 5) is 33.3. The first kappa shape index (κ1) is 25.7. The number of amides is 1. The first-order chi connectivity index (χ1) is 16.3. The molecule has 0 atom stereocenters. The quantitative estimate of drug-likeness (QED) is 0.364. The smallest absolute Gasteiger partial charge is 0.306 e. The Kier molecular flexibility index (Phi) is 7.45. The number of nitrogens with zero attached hydrogens (tertiary/aromatic N) is 5. The molecule has 3 aromatic rings. The molecule has 0 aromatic carbocycles. The van der Waals surface area contributed by atoms with Gasteiger partial charge in [0.1, 0.15) is 11.3 Å². The van der Waals surface area contributed by atoms with Crippen LogP contribution in [0.3, 0.4) is 0 Å². The molecule has 1 aliphatic rings. The summed E-state index contributed by atoms with van der Waals surface area (Å²) in [6.07, 6.45) is 5.66. The van der Waals surface area contributed by atoms with Crippen molar-refractivity contribution < 1.29 is 36.4 Å². The number of nitrogen functional groups attached to an aromatic ring is 1. The fourth-order valence-corrected chi connectivity index (χ4v) is 3.52. The number of hydrogen-bond acceptors (Lipinski definition) is 9. The lowest BCUT2D eigenvalue weighted by Crippen LogP contribution is -2.37. The Morgan fingerprint density at radius 3 is 2.43 bits per heavy atom. The van der Waals surface area contributed by atoms with E-state index in [-0.39, 0.29) is 28.4 Å². The van der Waals surface area contributed by atoms with Crippen molar-refractivity contribution >= 4 is 44.8 Å². The van der Waals surface area contributed by atoms with Crippen LogP contribution in [0.15, 0.2) is 24.8 Å². The minimum Gasteiger partial charge on any atom is -0.481 e. The molecular formula is C19H21F2N7O6S. The Balaban J connectivity index is 0.000000623. The van der Waals surface area contributed by atoms with Gasteiger partial charge in [0.2, 0.25) is 0 Å². The lowest BCUT2D eigenvalue weighted by atomic mass is 9.96. The van der Waals surface area contributed by atoms with Gasteiger partial charge in [-0.05, 0) is 12.8 Å². The number of carboxylic acid groups (broad SMARTS) is 1. The third kappa shape index (κ3) is 6.36. The molecule has 4 rings (SSSR count). The van der Waals surface area contributed by atoms with Crippen LogP contribution in [0, 0.1) is 17.6 Å². The predicted molar refractivity (Wildman–Crippen MR) is 120 cm³/mol. The lowest BCUT2D eigenvalue weighted by molar-refractivity contribution is -0.142. The van der Waals surface area contributed by atoms with Crippen LogP contribution in [0.1, 0.15) is 23.2 Å². The van der Waals surface area contributed by atoms with Crippen molar-refractivity contribution in [1.29, 1.82) is 0 Å². The molecule has 1 aliphatic heterocycles. The molecule has 16 heteroatoms. The summed E-state index contributed by atoms with van der Waals surface area (Å²) in [7, 11) is -3.67. The SMILES string of the molecule is CS(=O)(=O)O.Nc1nn2cc(F)cnc2c1C(=O)Nc1cncc(F)c1N1CCC(C(=O)O)CC1. The molecule has 13 nitrogen and oxygen atoms in total. The zero-order valence-corrected chi connectivity index (χ0v) is 19.0. The van der Waals surface area contributed by atoms with E-state index in [9.17, 15) is 26.8 Å². The van der Waals surface area contributed by atoms with Gasteiger partial charge >= 0.3 is 5.97 Å².